The Morgan fingerprint density at radius 2 is 1.88 bits per heavy atom. The van der Waals surface area contributed by atoms with Gasteiger partial charge in [0.05, 0.1) is 17.7 Å². The highest BCUT2D eigenvalue weighted by molar-refractivity contribution is 6.46. The number of hydrogen-bond acceptors (Lipinski definition) is 4. The molecule has 6 heteroatoms. The van der Waals surface area contributed by atoms with Gasteiger partial charge in [-0.15, -0.1) is 0 Å². The van der Waals surface area contributed by atoms with Gasteiger partial charge in [0.2, 0.25) is 0 Å². The molecule has 178 valence electrons. The number of fused-ring (bicyclic) bond motifs is 1. The monoisotopic (exact) mass is 460 g/mol. The average molecular weight is 461 g/mol. The highest BCUT2D eigenvalue weighted by Gasteiger charge is 2.46. The number of carbonyl (C=O) groups excluding carboxylic acids is 2. The molecule has 2 heterocycles. The number of nitrogens with zero attached hydrogens (tertiary/aromatic N) is 2. The Balaban J connectivity index is 1.90. The van der Waals surface area contributed by atoms with Gasteiger partial charge in [-0.2, -0.15) is 0 Å². The van der Waals surface area contributed by atoms with Crippen molar-refractivity contribution in [2.45, 2.75) is 52.7 Å². The maximum absolute atomic E-state index is 13.3. The normalized spacial score (nSPS) is 17.8. The molecule has 4 rings (SSSR count). The number of para-hydroxylation sites is 1. The molecule has 2 aromatic carbocycles. The third-order valence-corrected chi connectivity index (χ3v) is 6.33. The summed E-state index contributed by atoms with van der Waals surface area (Å²) in [4.78, 5) is 28.0. The van der Waals surface area contributed by atoms with Crippen molar-refractivity contribution in [1.29, 1.82) is 0 Å². The number of aromatic nitrogens is 1. The first-order valence-corrected chi connectivity index (χ1v) is 11.8. The van der Waals surface area contributed by atoms with E-state index >= 15 is 0 Å². The van der Waals surface area contributed by atoms with Crippen molar-refractivity contribution in [2.24, 2.45) is 7.05 Å². The van der Waals surface area contributed by atoms with Crippen LogP contribution in [0.2, 0.25) is 0 Å². The largest absolute Gasteiger partial charge is 0.507 e. The van der Waals surface area contributed by atoms with Crippen molar-refractivity contribution in [3.63, 3.8) is 0 Å². The van der Waals surface area contributed by atoms with Crippen LogP contribution >= 0.6 is 0 Å². The van der Waals surface area contributed by atoms with Crippen molar-refractivity contribution < 1.29 is 19.4 Å². The zero-order valence-corrected chi connectivity index (χ0v) is 20.5. The van der Waals surface area contributed by atoms with Crippen LogP contribution in [0.25, 0.3) is 16.7 Å². The second-order valence-corrected chi connectivity index (χ2v) is 9.21. The fourth-order valence-corrected chi connectivity index (χ4v) is 4.69. The number of aliphatic hydroxyl groups excluding tert-OH is 1. The van der Waals surface area contributed by atoms with Gasteiger partial charge in [0.1, 0.15) is 11.5 Å². The number of ether oxygens (including phenoxy) is 1. The predicted molar refractivity (Wildman–Crippen MR) is 134 cm³/mol. The van der Waals surface area contributed by atoms with Crippen molar-refractivity contribution in [3.8, 4) is 5.75 Å². The van der Waals surface area contributed by atoms with E-state index < -0.39 is 17.7 Å². The van der Waals surface area contributed by atoms with Gasteiger partial charge in [-0.3, -0.25) is 9.59 Å². The number of amides is 1. The van der Waals surface area contributed by atoms with Crippen LogP contribution in [0.3, 0.4) is 0 Å². The number of benzene rings is 2. The molecule has 1 atom stereocenters. The number of likely N-dealkylation sites (tertiary alicyclic amines) is 1. The molecule has 1 amide bonds. The molecular formula is C28H32N2O4. The quantitative estimate of drug-likeness (QED) is 0.287. The van der Waals surface area contributed by atoms with Gasteiger partial charge in [-0.1, -0.05) is 31.5 Å². The molecule has 1 fully saturated rings. The lowest BCUT2D eigenvalue weighted by atomic mass is 9.94. The van der Waals surface area contributed by atoms with Gasteiger partial charge in [0.15, 0.2) is 0 Å². The Labute approximate surface area is 200 Å². The van der Waals surface area contributed by atoms with E-state index in [1.807, 2.05) is 69.8 Å². The summed E-state index contributed by atoms with van der Waals surface area (Å²) in [7, 11) is 1.95. The van der Waals surface area contributed by atoms with Crippen LogP contribution in [0.5, 0.6) is 5.75 Å². The van der Waals surface area contributed by atoms with Crippen LogP contribution in [0.4, 0.5) is 0 Å². The summed E-state index contributed by atoms with van der Waals surface area (Å²) < 4.78 is 7.81. The van der Waals surface area contributed by atoms with E-state index in [9.17, 15) is 14.7 Å². The number of hydrogen-bond donors (Lipinski definition) is 1. The fourth-order valence-electron chi connectivity index (χ4n) is 4.69. The summed E-state index contributed by atoms with van der Waals surface area (Å²) in [5, 5.41) is 12.4. The van der Waals surface area contributed by atoms with Gasteiger partial charge >= 0.3 is 0 Å². The molecule has 0 aliphatic carbocycles. The lowest BCUT2D eigenvalue weighted by molar-refractivity contribution is -0.139. The minimum atomic E-state index is -0.649. The van der Waals surface area contributed by atoms with Gasteiger partial charge in [-0.25, -0.2) is 0 Å². The van der Waals surface area contributed by atoms with Gasteiger partial charge in [0, 0.05) is 41.8 Å². The van der Waals surface area contributed by atoms with Crippen LogP contribution < -0.4 is 4.74 Å². The predicted octanol–water partition coefficient (Wildman–Crippen LogP) is 5.50. The Bertz CT molecular complexity index is 1280. The van der Waals surface area contributed by atoms with Crippen molar-refractivity contribution >= 4 is 28.4 Å². The van der Waals surface area contributed by atoms with Crippen LogP contribution in [0, 0.1) is 6.92 Å². The molecule has 1 N–H and O–H groups in total. The van der Waals surface area contributed by atoms with Crippen LogP contribution in [-0.2, 0) is 16.6 Å². The highest BCUT2D eigenvalue weighted by Crippen LogP contribution is 2.42. The van der Waals surface area contributed by atoms with E-state index in [-0.39, 0.29) is 17.4 Å². The third-order valence-electron chi connectivity index (χ3n) is 6.33. The summed E-state index contributed by atoms with van der Waals surface area (Å²) in [5.41, 5.74) is 3.32. The first kappa shape index (κ1) is 23.6. The SMILES string of the molecule is CCCCN1C(=O)C(=O)/C(=C(/O)c2ccc(OC(C)C)c(C)c2)C1c1cn(C)c2ccccc12. The highest BCUT2D eigenvalue weighted by atomic mass is 16.5. The molecule has 0 bridgehead atoms. The zero-order valence-electron chi connectivity index (χ0n) is 20.5. The summed E-state index contributed by atoms with van der Waals surface area (Å²) in [6, 6.07) is 12.6. The van der Waals surface area contributed by atoms with Crippen LogP contribution in [-0.4, -0.2) is 38.9 Å². The first-order chi connectivity index (χ1) is 16.2. The van der Waals surface area contributed by atoms with Gasteiger partial charge < -0.3 is 19.3 Å². The van der Waals surface area contributed by atoms with E-state index in [1.165, 1.54) is 0 Å². The van der Waals surface area contributed by atoms with Gasteiger partial charge in [-0.05, 0) is 57.0 Å². The molecule has 1 aromatic heterocycles. The molecule has 1 unspecified atom stereocenters. The number of aliphatic hydroxyl groups is 1. The second-order valence-electron chi connectivity index (χ2n) is 9.21. The number of aryl methyl sites for hydroxylation is 2. The minimum absolute atomic E-state index is 0.0217. The second kappa shape index (κ2) is 9.37. The summed E-state index contributed by atoms with van der Waals surface area (Å²) >= 11 is 0. The molecule has 0 saturated carbocycles. The van der Waals surface area contributed by atoms with Gasteiger partial charge in [0.25, 0.3) is 11.7 Å². The standard InChI is InChI=1S/C28H32N2O4/c1-6-7-14-30-25(21-16-29(5)22-11-9-8-10-20(21)22)24(27(32)28(30)33)26(31)19-12-13-23(18(4)15-19)34-17(2)3/h8-13,15-17,25,31H,6-7,14H2,1-5H3/b26-24+. The van der Waals surface area contributed by atoms with E-state index in [0.29, 0.717) is 12.1 Å². The molecule has 34 heavy (non-hydrogen) atoms. The molecule has 1 saturated heterocycles. The average Bonchev–Trinajstić information content (AvgIpc) is 3.26. The fraction of sp³-hybridized carbons (Fsp3) is 0.357. The molecule has 0 spiro atoms. The molecule has 1 aliphatic rings. The van der Waals surface area contributed by atoms with E-state index in [0.717, 1.165) is 40.6 Å². The third kappa shape index (κ3) is 4.09. The number of unbranched alkanes of at least 4 members (excludes halogenated alkanes) is 1. The van der Waals surface area contributed by atoms with E-state index in [1.54, 1.807) is 23.1 Å². The number of ketones is 1. The van der Waals surface area contributed by atoms with Crippen LogP contribution in [0.15, 0.2) is 54.2 Å². The summed E-state index contributed by atoms with van der Waals surface area (Å²) in [6.45, 7) is 8.31. The Morgan fingerprint density at radius 1 is 1.15 bits per heavy atom. The molecule has 6 nitrogen and oxygen atoms in total. The summed E-state index contributed by atoms with van der Waals surface area (Å²) in [6.07, 6.45) is 3.64. The Morgan fingerprint density at radius 3 is 2.56 bits per heavy atom. The molecule has 0 radical (unpaired) electrons. The Kier molecular flexibility index (Phi) is 6.51. The van der Waals surface area contributed by atoms with Crippen molar-refractivity contribution in [3.05, 3.63) is 70.9 Å². The number of Topliss-reactive ketones (excluding diaryl/α,β-unsaturated/α-hetero) is 1. The van der Waals surface area contributed by atoms with E-state index in [2.05, 4.69) is 0 Å². The maximum atomic E-state index is 13.3. The molecular weight excluding hydrogens is 428 g/mol. The Hall–Kier alpha value is -3.54. The van der Waals surface area contributed by atoms with Crippen molar-refractivity contribution in [1.82, 2.24) is 9.47 Å². The van der Waals surface area contributed by atoms with Crippen molar-refractivity contribution in [2.75, 3.05) is 6.54 Å². The maximum Gasteiger partial charge on any atom is 0.295 e. The number of rotatable bonds is 7. The smallest absolute Gasteiger partial charge is 0.295 e. The molecule has 1 aliphatic heterocycles. The lowest BCUT2D eigenvalue weighted by Gasteiger charge is -2.24. The topological polar surface area (TPSA) is 71.8 Å². The number of carbonyl (C=O) groups is 2. The molecule has 3 aromatic rings. The summed E-state index contributed by atoms with van der Waals surface area (Å²) in [5.74, 6) is -0.647. The zero-order chi connectivity index (χ0) is 24.6. The lowest BCUT2D eigenvalue weighted by Crippen LogP contribution is -2.30. The van der Waals surface area contributed by atoms with E-state index in [4.69, 9.17) is 4.74 Å². The van der Waals surface area contributed by atoms with Crippen LogP contribution in [0.1, 0.15) is 56.3 Å². The first-order valence-electron chi connectivity index (χ1n) is 11.8. The minimum Gasteiger partial charge on any atom is -0.507 e.